The van der Waals surface area contributed by atoms with Gasteiger partial charge in [-0.3, -0.25) is 0 Å². The molecule has 0 bridgehead atoms. The van der Waals surface area contributed by atoms with Crippen LogP contribution in [-0.2, 0) is 0 Å². The molecule has 0 atom stereocenters. The lowest BCUT2D eigenvalue weighted by Crippen LogP contribution is -2.92. The van der Waals surface area contributed by atoms with Crippen molar-refractivity contribution in [3.05, 3.63) is 0 Å². The van der Waals surface area contributed by atoms with Gasteiger partial charge < -0.3 is 5.11 Å². The summed E-state index contributed by atoms with van der Waals surface area (Å²) in [6.07, 6.45) is -90.1. The summed E-state index contributed by atoms with van der Waals surface area (Å²) in [6, 6.07) is 0. The van der Waals surface area contributed by atoms with Crippen molar-refractivity contribution in [2.75, 3.05) is 0 Å². The molecule has 41 heavy (non-hydrogen) atoms. The maximum Gasteiger partial charge on any atom is 0.415 e. The first-order valence-corrected chi connectivity index (χ1v) is 8.33. The van der Waals surface area contributed by atoms with E-state index in [0.29, 0.717) is 0 Å². The predicted molar refractivity (Wildman–Crippen MR) is 66.7 cm³/mol. The highest BCUT2D eigenvalue weighted by molar-refractivity contribution is 5.33. The highest BCUT2D eigenvalue weighted by Gasteiger charge is 3.13. The van der Waals surface area contributed by atoms with Gasteiger partial charge in [-0.15, -0.1) is 0 Å². The molecule has 0 aliphatic carbocycles. The van der Waals surface area contributed by atoms with Crippen LogP contribution in [0, 0.1) is 16.2 Å². The van der Waals surface area contributed by atoms with Crippen molar-refractivity contribution in [3.63, 3.8) is 0 Å². The Bertz CT molecular complexity index is 700. The molecule has 0 aromatic heterocycles. The zero-order valence-electron chi connectivity index (χ0n) is 17.2. The van der Waals surface area contributed by atoms with Crippen LogP contribution in [0.1, 0.15) is 0 Å². The molecule has 0 fully saturated rings. The fraction of sp³-hybridized carbons (Fsp3) is 1.00. The molecule has 1 N–H and O–H groups in total. The third-order valence-corrected chi connectivity index (χ3v) is 5.46. The van der Waals surface area contributed by atoms with E-state index in [1.807, 2.05) is 0 Å². The number of rotatable bonds is 3. The van der Waals surface area contributed by atoms with Crippen molar-refractivity contribution in [2.45, 2.75) is 61.2 Å². The largest absolute Gasteiger partial charge is 0.415 e. The van der Waals surface area contributed by atoms with Crippen molar-refractivity contribution in [1.29, 1.82) is 0 Å². The fourth-order valence-electron chi connectivity index (χ4n) is 4.14. The topological polar surface area (TPSA) is 20.2 Å². The highest BCUT2D eigenvalue weighted by Crippen LogP contribution is 2.84. The van der Waals surface area contributed by atoms with Crippen LogP contribution in [0.25, 0.3) is 0 Å². The van der Waals surface area contributed by atoms with Crippen LogP contribution in [0.5, 0.6) is 0 Å². The first-order chi connectivity index (χ1) is 17.0. The van der Waals surface area contributed by atoms with Gasteiger partial charge in [0.05, 0.1) is 0 Å². The number of hydrogen-bond donors (Lipinski definition) is 1. The standard InChI is InChI=1S/C13HF27O/c14-5(15,16)1(6(17,18)19,7(20,21)22)4(41,2(8(23,24)25,9(26,27)28)10(29,30)31)3(11(32,33)34,12(35,36)37)13(38,39)40/h41H. The zero-order chi connectivity index (χ0) is 34.5. The van der Waals surface area contributed by atoms with E-state index in [0.717, 1.165) is 0 Å². The molecule has 0 unspecified atom stereocenters. The normalized spacial score (nSPS) is 17.3. The Labute approximate surface area is 202 Å². The van der Waals surface area contributed by atoms with Gasteiger partial charge >= 0.3 is 55.6 Å². The molecule has 0 saturated heterocycles. The van der Waals surface area contributed by atoms with Crippen LogP contribution in [0.2, 0.25) is 0 Å². The monoisotopic (exact) mass is 686 g/mol. The fourth-order valence-corrected chi connectivity index (χ4v) is 4.14. The molecule has 0 aromatic rings. The molecule has 248 valence electrons. The Hall–Kier alpha value is -1.93. The van der Waals surface area contributed by atoms with E-state index in [1.54, 1.807) is 0 Å². The second-order valence-corrected chi connectivity index (χ2v) is 7.44. The highest BCUT2D eigenvalue weighted by atomic mass is 19.5. The molecule has 28 heteroatoms. The van der Waals surface area contributed by atoms with Gasteiger partial charge in [-0.25, -0.2) is 0 Å². The van der Waals surface area contributed by atoms with Gasteiger partial charge in [-0.2, -0.15) is 119 Å². The van der Waals surface area contributed by atoms with E-state index in [-0.39, 0.29) is 0 Å². The quantitative estimate of drug-likeness (QED) is 0.295. The first-order valence-electron chi connectivity index (χ1n) is 8.33. The average molecular weight is 686 g/mol. The lowest BCUT2D eigenvalue weighted by molar-refractivity contribution is -0.598. The molecule has 0 aromatic carbocycles. The molecule has 0 rings (SSSR count). The first kappa shape index (κ1) is 39.1. The average Bonchev–Trinajstić information content (AvgIpc) is 2.40. The molecular formula is C13HF27O. The van der Waals surface area contributed by atoms with Crippen LogP contribution in [0.15, 0.2) is 0 Å². The maximum absolute atomic E-state index is 13.4. The van der Waals surface area contributed by atoms with E-state index in [1.165, 1.54) is 0 Å². The van der Waals surface area contributed by atoms with E-state index in [2.05, 4.69) is 0 Å². The molecule has 0 saturated carbocycles. The minimum atomic E-state index is -11.3. The molecule has 0 amide bonds. The Morgan fingerprint density at radius 1 is 0.195 bits per heavy atom. The molecule has 0 spiro atoms. The van der Waals surface area contributed by atoms with Gasteiger partial charge in [0.15, 0.2) is 5.60 Å². The van der Waals surface area contributed by atoms with E-state index in [9.17, 15) is 124 Å². The Kier molecular flexibility index (Phi) is 8.62. The number of alkyl halides is 27. The van der Waals surface area contributed by atoms with Gasteiger partial charge in [0.2, 0.25) is 0 Å². The van der Waals surface area contributed by atoms with Crippen molar-refractivity contribution in [3.8, 4) is 0 Å². The summed E-state index contributed by atoms with van der Waals surface area (Å²) < 4.78 is 363. The molecule has 1 nitrogen and oxygen atoms in total. The van der Waals surface area contributed by atoms with Crippen LogP contribution in [0.4, 0.5) is 119 Å². The minimum Gasteiger partial charge on any atom is -0.385 e. The van der Waals surface area contributed by atoms with Crippen LogP contribution in [-0.4, -0.2) is 66.3 Å². The third-order valence-electron chi connectivity index (χ3n) is 5.46. The van der Waals surface area contributed by atoms with E-state index in [4.69, 9.17) is 0 Å². The summed E-state index contributed by atoms with van der Waals surface area (Å²) in [5, 5.41) is 9.28. The Balaban J connectivity index is 10.5. The van der Waals surface area contributed by atoms with Crippen molar-refractivity contribution in [1.82, 2.24) is 0 Å². The smallest absolute Gasteiger partial charge is 0.385 e. The van der Waals surface area contributed by atoms with Crippen LogP contribution in [0.3, 0.4) is 0 Å². The second kappa shape index (κ2) is 9.04. The molecule has 0 heterocycles. The van der Waals surface area contributed by atoms with Gasteiger partial charge in [-0.1, -0.05) is 0 Å². The van der Waals surface area contributed by atoms with Crippen LogP contribution < -0.4 is 0 Å². The van der Waals surface area contributed by atoms with Crippen molar-refractivity contribution in [2.24, 2.45) is 16.2 Å². The van der Waals surface area contributed by atoms with Crippen molar-refractivity contribution < 1.29 is 124 Å². The van der Waals surface area contributed by atoms with Gasteiger partial charge in [0.25, 0.3) is 16.2 Å². The predicted octanol–water partition coefficient (Wildman–Crippen LogP) is 8.74. The summed E-state index contributed by atoms with van der Waals surface area (Å²) in [7, 11) is 0. The maximum atomic E-state index is 13.4. The summed E-state index contributed by atoms with van der Waals surface area (Å²) in [4.78, 5) is 0. The second-order valence-electron chi connectivity index (χ2n) is 7.44. The summed E-state index contributed by atoms with van der Waals surface area (Å²) >= 11 is 0. The lowest BCUT2D eigenvalue weighted by Gasteiger charge is -2.63. The van der Waals surface area contributed by atoms with Crippen molar-refractivity contribution >= 4 is 0 Å². The Morgan fingerprint density at radius 2 is 0.268 bits per heavy atom. The van der Waals surface area contributed by atoms with E-state index < -0.39 is 77.4 Å². The van der Waals surface area contributed by atoms with E-state index >= 15 is 0 Å². The summed E-state index contributed by atoms with van der Waals surface area (Å²) in [5.74, 6) is 0. The Morgan fingerprint density at radius 3 is 0.317 bits per heavy atom. The third kappa shape index (κ3) is 4.40. The van der Waals surface area contributed by atoms with Gasteiger partial charge in [0.1, 0.15) is 0 Å². The lowest BCUT2D eigenvalue weighted by atomic mass is 9.44. The van der Waals surface area contributed by atoms with Gasteiger partial charge in [0, 0.05) is 0 Å². The summed E-state index contributed by atoms with van der Waals surface area (Å²) in [5.41, 5.74) is -44.0. The molecule has 0 aliphatic rings. The summed E-state index contributed by atoms with van der Waals surface area (Å²) in [6.45, 7) is 0. The number of aliphatic hydroxyl groups is 1. The SMILES string of the molecule is OC(C(C(F)(F)F)(C(F)(F)F)C(F)(F)F)(C(C(F)(F)F)(C(F)(F)F)C(F)(F)F)C(C(F)(F)F)(C(F)(F)F)C(F)(F)F. The zero-order valence-corrected chi connectivity index (χ0v) is 17.2. The molecular weight excluding hydrogens is 685 g/mol. The van der Waals surface area contributed by atoms with Crippen LogP contribution >= 0.6 is 0 Å². The minimum absolute atomic E-state index is 9.28. The number of halogens is 27. The number of hydrogen-bond acceptors (Lipinski definition) is 1. The van der Waals surface area contributed by atoms with Gasteiger partial charge in [-0.05, 0) is 0 Å². The molecule has 0 radical (unpaired) electrons. The molecule has 0 aliphatic heterocycles.